The fourth-order valence-corrected chi connectivity index (χ4v) is 4.84. The maximum Gasteiger partial charge on any atom is 0.416 e. The van der Waals surface area contributed by atoms with E-state index in [9.17, 15) is 18.0 Å². The predicted octanol–water partition coefficient (Wildman–Crippen LogP) is 8.55. The third-order valence-corrected chi connectivity index (χ3v) is 6.84. The predicted molar refractivity (Wildman–Crippen MR) is 141 cm³/mol. The van der Waals surface area contributed by atoms with Crippen molar-refractivity contribution in [2.45, 2.75) is 116 Å². The van der Waals surface area contributed by atoms with Crippen molar-refractivity contribution in [2.75, 3.05) is 13.1 Å². The van der Waals surface area contributed by atoms with Crippen molar-refractivity contribution >= 4 is 6.09 Å². The van der Waals surface area contributed by atoms with Gasteiger partial charge in [-0.15, -0.1) is 0 Å². The topological polar surface area (TPSA) is 68.5 Å². The van der Waals surface area contributed by atoms with Crippen molar-refractivity contribution in [1.82, 2.24) is 15.0 Å². The Kier molecular flexibility index (Phi) is 10.6. The van der Waals surface area contributed by atoms with Crippen LogP contribution < -0.4 is 0 Å². The van der Waals surface area contributed by atoms with Crippen LogP contribution in [0.15, 0.2) is 22.7 Å². The molecule has 2 aromatic rings. The third-order valence-electron chi connectivity index (χ3n) is 6.84. The van der Waals surface area contributed by atoms with Crippen molar-refractivity contribution in [2.24, 2.45) is 0 Å². The summed E-state index contributed by atoms with van der Waals surface area (Å²) in [6, 6.07) is 4.31. The fraction of sp³-hybridized carbons (Fsp3) is 0.690. The molecule has 0 unspecified atom stereocenters. The molecule has 1 aliphatic heterocycles. The Balaban J connectivity index is 1.64. The minimum absolute atomic E-state index is 0.124. The normalized spacial score (nSPS) is 16.6. The van der Waals surface area contributed by atoms with Gasteiger partial charge in [0.1, 0.15) is 5.60 Å². The Bertz CT molecular complexity index is 1030. The van der Waals surface area contributed by atoms with Crippen molar-refractivity contribution in [3.05, 3.63) is 35.2 Å². The third kappa shape index (κ3) is 9.02. The smallest absolute Gasteiger partial charge is 0.416 e. The number of likely N-dealkylation sites (tertiary alicyclic amines) is 1. The molecule has 1 fully saturated rings. The van der Waals surface area contributed by atoms with E-state index in [4.69, 9.17) is 9.26 Å². The minimum Gasteiger partial charge on any atom is -0.444 e. The molecule has 1 aromatic carbocycles. The highest BCUT2D eigenvalue weighted by molar-refractivity contribution is 5.68. The summed E-state index contributed by atoms with van der Waals surface area (Å²) in [4.78, 5) is 18.5. The SMILES string of the molecule is CCCCCCCCCCc1ccc(-c2noc([C@@H]3CCCN(C(=O)OC(C)(C)C)C3)n2)cc1C(F)(F)F. The highest BCUT2D eigenvalue weighted by Gasteiger charge is 2.34. The number of halogens is 3. The van der Waals surface area contributed by atoms with Crippen LogP contribution >= 0.6 is 0 Å². The highest BCUT2D eigenvalue weighted by Crippen LogP contribution is 2.36. The van der Waals surface area contributed by atoms with E-state index in [0.717, 1.165) is 44.6 Å². The first-order valence-electron chi connectivity index (χ1n) is 14.0. The lowest BCUT2D eigenvalue weighted by atomic mass is 9.97. The standard InChI is InChI=1S/C29H42F3N3O3/c1-5-6-7-8-9-10-11-12-14-21-16-17-22(19-24(21)29(30,31)32)25-33-26(38-34-25)23-15-13-18-35(20-23)27(36)37-28(2,3)4/h16-17,19,23H,5-15,18,20H2,1-4H3/t23-/m1/s1. The summed E-state index contributed by atoms with van der Waals surface area (Å²) in [5.41, 5.74) is -0.667. The van der Waals surface area contributed by atoms with Crippen LogP contribution in [0.3, 0.4) is 0 Å². The first-order chi connectivity index (χ1) is 18.0. The molecule has 0 bridgehead atoms. The van der Waals surface area contributed by atoms with Gasteiger partial charge in [-0.25, -0.2) is 4.79 Å². The van der Waals surface area contributed by atoms with Gasteiger partial charge in [-0.3, -0.25) is 0 Å². The van der Waals surface area contributed by atoms with Gasteiger partial charge in [0.15, 0.2) is 0 Å². The van der Waals surface area contributed by atoms with E-state index in [0.29, 0.717) is 31.0 Å². The molecule has 38 heavy (non-hydrogen) atoms. The largest absolute Gasteiger partial charge is 0.444 e. The average molecular weight is 538 g/mol. The van der Waals surface area contributed by atoms with Crippen molar-refractivity contribution in [3.8, 4) is 11.4 Å². The lowest BCUT2D eigenvalue weighted by Crippen LogP contribution is -2.42. The summed E-state index contributed by atoms with van der Waals surface area (Å²) in [6.45, 7) is 8.55. The molecule has 0 radical (unpaired) electrons. The van der Waals surface area contributed by atoms with Crippen LogP contribution in [0.2, 0.25) is 0 Å². The van der Waals surface area contributed by atoms with Gasteiger partial charge in [-0.2, -0.15) is 18.2 Å². The first-order valence-corrected chi connectivity index (χ1v) is 14.0. The minimum atomic E-state index is -4.46. The van der Waals surface area contributed by atoms with E-state index in [1.807, 2.05) is 20.8 Å². The molecule has 0 saturated carbocycles. The van der Waals surface area contributed by atoms with Crippen molar-refractivity contribution in [1.29, 1.82) is 0 Å². The van der Waals surface area contributed by atoms with E-state index < -0.39 is 23.4 Å². The number of aromatic nitrogens is 2. The summed E-state index contributed by atoms with van der Waals surface area (Å²) in [6.07, 6.45) is 5.76. The van der Waals surface area contributed by atoms with Crippen molar-refractivity contribution in [3.63, 3.8) is 0 Å². The number of aryl methyl sites for hydroxylation is 1. The lowest BCUT2D eigenvalue weighted by molar-refractivity contribution is -0.138. The molecule has 1 saturated heterocycles. The quantitative estimate of drug-likeness (QED) is 0.269. The number of ether oxygens (including phenoxy) is 1. The highest BCUT2D eigenvalue weighted by atomic mass is 19.4. The van der Waals surface area contributed by atoms with Gasteiger partial charge in [0.05, 0.1) is 11.5 Å². The molecule has 6 nitrogen and oxygen atoms in total. The van der Waals surface area contributed by atoms with Crippen molar-refractivity contribution < 1.29 is 27.2 Å². The van der Waals surface area contributed by atoms with E-state index in [2.05, 4.69) is 17.1 Å². The van der Waals surface area contributed by atoms with Gasteiger partial charge in [0.2, 0.25) is 11.7 Å². The number of carbonyl (C=O) groups is 1. The van der Waals surface area contributed by atoms with Gasteiger partial charge < -0.3 is 14.2 Å². The summed E-state index contributed by atoms with van der Waals surface area (Å²) in [5, 5.41) is 3.97. The maximum atomic E-state index is 13.9. The zero-order valence-corrected chi connectivity index (χ0v) is 23.2. The Morgan fingerprint density at radius 2 is 1.76 bits per heavy atom. The maximum absolute atomic E-state index is 13.9. The number of hydrogen-bond acceptors (Lipinski definition) is 5. The molecule has 1 aromatic heterocycles. The van der Waals surface area contributed by atoms with Gasteiger partial charge in [0.25, 0.3) is 0 Å². The van der Waals surface area contributed by atoms with Gasteiger partial charge >= 0.3 is 12.3 Å². The second kappa shape index (κ2) is 13.5. The Labute approximate surface area is 224 Å². The molecular weight excluding hydrogens is 495 g/mol. The van der Waals surface area contributed by atoms with E-state index in [1.54, 1.807) is 17.0 Å². The zero-order chi connectivity index (χ0) is 27.8. The summed E-state index contributed by atoms with van der Waals surface area (Å²) < 4.78 is 52.6. The number of nitrogens with zero attached hydrogens (tertiary/aromatic N) is 3. The monoisotopic (exact) mass is 537 g/mol. The molecule has 3 rings (SSSR count). The van der Waals surface area contributed by atoms with Crippen LogP contribution in [0.1, 0.15) is 115 Å². The molecule has 0 N–H and O–H groups in total. The van der Waals surface area contributed by atoms with E-state index >= 15 is 0 Å². The average Bonchev–Trinajstić information content (AvgIpc) is 3.35. The molecule has 1 amide bonds. The molecule has 0 spiro atoms. The Morgan fingerprint density at radius 1 is 1.08 bits per heavy atom. The first kappa shape index (κ1) is 30.0. The molecule has 2 heterocycles. The van der Waals surface area contributed by atoms with Crippen LogP contribution in [0.5, 0.6) is 0 Å². The van der Waals surface area contributed by atoms with Crippen LogP contribution in [0.4, 0.5) is 18.0 Å². The second-order valence-corrected chi connectivity index (χ2v) is 11.3. The zero-order valence-electron chi connectivity index (χ0n) is 23.2. The van der Waals surface area contributed by atoms with Gasteiger partial charge in [-0.05, 0) is 58.1 Å². The van der Waals surface area contributed by atoms with E-state index in [-0.39, 0.29) is 17.3 Å². The number of alkyl halides is 3. The number of benzene rings is 1. The summed E-state index contributed by atoms with van der Waals surface area (Å²) in [7, 11) is 0. The Morgan fingerprint density at radius 3 is 2.42 bits per heavy atom. The van der Waals surface area contributed by atoms with Crippen LogP contribution in [0, 0.1) is 0 Å². The summed E-state index contributed by atoms with van der Waals surface area (Å²) in [5.74, 6) is 0.254. The van der Waals surface area contributed by atoms with Crippen LogP contribution in [-0.2, 0) is 17.3 Å². The molecular formula is C29H42F3N3O3. The molecule has 0 aliphatic carbocycles. The molecule has 9 heteroatoms. The summed E-state index contributed by atoms with van der Waals surface area (Å²) >= 11 is 0. The van der Waals surface area contributed by atoms with Crippen LogP contribution in [0.25, 0.3) is 11.4 Å². The van der Waals surface area contributed by atoms with Gasteiger partial charge in [0, 0.05) is 18.7 Å². The number of piperidine rings is 1. The number of rotatable bonds is 11. The Hall–Kier alpha value is -2.58. The van der Waals surface area contributed by atoms with E-state index in [1.165, 1.54) is 25.7 Å². The number of unbranched alkanes of at least 4 members (excludes halogenated alkanes) is 7. The molecule has 1 atom stereocenters. The molecule has 1 aliphatic rings. The lowest BCUT2D eigenvalue weighted by Gasteiger charge is -2.32. The number of carbonyl (C=O) groups excluding carboxylic acids is 1. The number of amides is 1. The fourth-order valence-electron chi connectivity index (χ4n) is 4.84. The second-order valence-electron chi connectivity index (χ2n) is 11.3. The van der Waals surface area contributed by atoms with Gasteiger partial charge in [-0.1, -0.05) is 69.2 Å². The molecule has 212 valence electrons. The van der Waals surface area contributed by atoms with Crippen LogP contribution in [-0.4, -0.2) is 39.8 Å². The number of hydrogen-bond donors (Lipinski definition) is 0.